The van der Waals surface area contributed by atoms with Crippen LogP contribution >= 0.6 is 0 Å². The van der Waals surface area contributed by atoms with Crippen molar-refractivity contribution in [2.75, 3.05) is 7.11 Å². The van der Waals surface area contributed by atoms with Gasteiger partial charge in [-0.05, 0) is 38.4 Å². The third kappa shape index (κ3) is 3.11. The quantitative estimate of drug-likeness (QED) is 0.480. The fourth-order valence-corrected chi connectivity index (χ4v) is 3.98. The number of ether oxygens (including phenoxy) is 1. The van der Waals surface area contributed by atoms with Gasteiger partial charge >= 0.3 is 11.9 Å². The molecule has 1 aliphatic rings. The van der Waals surface area contributed by atoms with Crippen molar-refractivity contribution >= 4 is 20.3 Å². The highest BCUT2D eigenvalue weighted by Crippen LogP contribution is 2.52. The first kappa shape index (κ1) is 19.9. The molecule has 0 fully saturated rings. The summed E-state index contributed by atoms with van der Waals surface area (Å²) in [4.78, 5) is 24.5. The Labute approximate surface area is 140 Å². The normalized spacial score (nSPS) is 31.7. The van der Waals surface area contributed by atoms with Crippen LogP contribution in [0.4, 0.5) is 0 Å². The van der Waals surface area contributed by atoms with Gasteiger partial charge in [-0.2, -0.15) is 0 Å². The minimum absolute atomic E-state index is 0.0562. The molecule has 1 aliphatic carbocycles. The Kier molecular flexibility index (Phi) is 5.24. The number of carbonyl (C=O) groups excluding carboxylic acids is 1. The Morgan fingerprint density at radius 3 is 2.17 bits per heavy atom. The fourth-order valence-electron chi connectivity index (χ4n) is 2.68. The van der Waals surface area contributed by atoms with Gasteiger partial charge in [0.1, 0.15) is 5.41 Å². The van der Waals surface area contributed by atoms with Crippen LogP contribution in [-0.4, -0.2) is 38.6 Å². The van der Waals surface area contributed by atoms with E-state index in [2.05, 4.69) is 33.9 Å². The molecule has 0 aromatic carbocycles. The van der Waals surface area contributed by atoms with Crippen LogP contribution in [0.2, 0.25) is 18.1 Å². The molecule has 5 nitrogen and oxygen atoms in total. The lowest BCUT2D eigenvalue weighted by molar-refractivity contribution is -0.181. The molecule has 132 valence electrons. The molecule has 23 heavy (non-hydrogen) atoms. The smallest absolute Gasteiger partial charge is 0.313 e. The molecule has 3 atom stereocenters. The highest BCUT2D eigenvalue weighted by Gasteiger charge is 2.62. The Hall–Kier alpha value is -1.14. The van der Waals surface area contributed by atoms with Crippen molar-refractivity contribution in [3.63, 3.8) is 0 Å². The minimum atomic E-state index is -2.20. The van der Waals surface area contributed by atoms with Gasteiger partial charge in [0, 0.05) is 0 Å². The lowest BCUT2D eigenvalue weighted by Gasteiger charge is -2.50. The van der Waals surface area contributed by atoms with Crippen molar-refractivity contribution in [2.45, 2.75) is 65.3 Å². The average molecular weight is 343 g/mol. The van der Waals surface area contributed by atoms with Crippen LogP contribution in [0.3, 0.4) is 0 Å². The zero-order valence-electron chi connectivity index (χ0n) is 15.5. The Morgan fingerprint density at radius 1 is 1.26 bits per heavy atom. The third-order valence-electron chi connectivity index (χ3n) is 5.86. The van der Waals surface area contributed by atoms with E-state index in [9.17, 15) is 14.7 Å². The van der Waals surface area contributed by atoms with Crippen molar-refractivity contribution in [1.29, 1.82) is 0 Å². The van der Waals surface area contributed by atoms with Crippen molar-refractivity contribution in [2.24, 2.45) is 10.8 Å². The summed E-state index contributed by atoms with van der Waals surface area (Å²) in [6.07, 6.45) is 3.28. The Bertz CT molecular complexity index is 520. The van der Waals surface area contributed by atoms with Crippen LogP contribution in [0.5, 0.6) is 0 Å². The predicted molar refractivity (Wildman–Crippen MR) is 91.7 cm³/mol. The number of rotatable bonds is 4. The molecule has 0 aromatic rings. The van der Waals surface area contributed by atoms with Crippen LogP contribution in [0.15, 0.2) is 12.2 Å². The molecule has 0 spiro atoms. The molecular formula is C17H30O5Si. The second-order valence-corrected chi connectivity index (χ2v) is 13.0. The Morgan fingerprint density at radius 2 is 1.78 bits per heavy atom. The first-order valence-electron chi connectivity index (χ1n) is 7.90. The van der Waals surface area contributed by atoms with E-state index in [0.717, 1.165) is 0 Å². The number of allylic oxidation sites excluding steroid dienone is 1. The molecule has 6 heteroatoms. The number of esters is 1. The van der Waals surface area contributed by atoms with E-state index < -0.39 is 37.2 Å². The summed E-state index contributed by atoms with van der Waals surface area (Å²) >= 11 is 0. The van der Waals surface area contributed by atoms with E-state index in [-0.39, 0.29) is 5.04 Å². The largest absolute Gasteiger partial charge is 0.481 e. The molecule has 1 rings (SSSR count). The van der Waals surface area contributed by atoms with Crippen molar-refractivity contribution in [1.82, 2.24) is 0 Å². The van der Waals surface area contributed by atoms with E-state index in [1.807, 2.05) is 6.08 Å². The topological polar surface area (TPSA) is 72.8 Å². The number of carboxylic acids is 1. The van der Waals surface area contributed by atoms with E-state index in [1.165, 1.54) is 7.11 Å². The molecular weight excluding hydrogens is 312 g/mol. The minimum Gasteiger partial charge on any atom is -0.481 e. The van der Waals surface area contributed by atoms with Crippen molar-refractivity contribution in [3.8, 4) is 0 Å². The van der Waals surface area contributed by atoms with Crippen LogP contribution in [0.25, 0.3) is 0 Å². The second kappa shape index (κ2) is 6.05. The van der Waals surface area contributed by atoms with Crippen LogP contribution in [-0.2, 0) is 18.8 Å². The number of methoxy groups -OCH3 is 1. The highest BCUT2D eigenvalue weighted by molar-refractivity contribution is 6.74. The van der Waals surface area contributed by atoms with Gasteiger partial charge in [0.25, 0.3) is 0 Å². The van der Waals surface area contributed by atoms with Gasteiger partial charge in [-0.1, -0.05) is 32.9 Å². The summed E-state index contributed by atoms with van der Waals surface area (Å²) in [5, 5.41) is 9.89. The molecule has 0 heterocycles. The van der Waals surface area contributed by atoms with Gasteiger partial charge in [-0.3, -0.25) is 9.59 Å². The number of aliphatic carboxylic acids is 1. The first-order chi connectivity index (χ1) is 10.2. The summed E-state index contributed by atoms with van der Waals surface area (Å²) in [5.41, 5.74) is -2.56. The van der Waals surface area contributed by atoms with Crippen molar-refractivity contribution < 1.29 is 23.9 Å². The first-order valence-corrected chi connectivity index (χ1v) is 10.8. The zero-order chi connectivity index (χ0) is 18.3. The number of carbonyl (C=O) groups is 2. The molecule has 0 aliphatic heterocycles. The molecule has 0 bridgehead atoms. The lowest BCUT2D eigenvalue weighted by atomic mass is 9.58. The molecule has 0 saturated carbocycles. The van der Waals surface area contributed by atoms with E-state index >= 15 is 0 Å². The summed E-state index contributed by atoms with van der Waals surface area (Å²) < 4.78 is 11.3. The highest BCUT2D eigenvalue weighted by atomic mass is 28.4. The van der Waals surface area contributed by atoms with Crippen LogP contribution < -0.4 is 0 Å². The van der Waals surface area contributed by atoms with Crippen molar-refractivity contribution in [3.05, 3.63) is 12.2 Å². The third-order valence-corrected chi connectivity index (χ3v) is 10.3. The summed E-state index contributed by atoms with van der Waals surface area (Å²) in [7, 11) is -0.912. The zero-order valence-corrected chi connectivity index (χ0v) is 16.5. The fraction of sp³-hybridized carbons (Fsp3) is 0.765. The number of hydrogen-bond acceptors (Lipinski definition) is 4. The second-order valence-electron chi connectivity index (χ2n) is 8.26. The van der Waals surface area contributed by atoms with Crippen LogP contribution in [0.1, 0.15) is 41.0 Å². The molecule has 0 radical (unpaired) electrons. The monoisotopic (exact) mass is 342 g/mol. The summed E-state index contributed by atoms with van der Waals surface area (Å²) in [6.45, 7) is 13.7. The summed E-state index contributed by atoms with van der Waals surface area (Å²) in [5.74, 6) is -1.56. The molecule has 0 aromatic heterocycles. The maximum absolute atomic E-state index is 12.4. The van der Waals surface area contributed by atoms with E-state index in [1.54, 1.807) is 19.9 Å². The maximum Gasteiger partial charge on any atom is 0.313 e. The van der Waals surface area contributed by atoms with Gasteiger partial charge in [-0.15, -0.1) is 0 Å². The lowest BCUT2D eigenvalue weighted by Crippen LogP contribution is -2.60. The van der Waals surface area contributed by atoms with Gasteiger partial charge in [0.2, 0.25) is 0 Å². The van der Waals surface area contributed by atoms with E-state index in [4.69, 9.17) is 9.16 Å². The molecule has 0 amide bonds. The molecule has 0 unspecified atom stereocenters. The van der Waals surface area contributed by atoms with Gasteiger partial charge < -0.3 is 14.3 Å². The van der Waals surface area contributed by atoms with Crippen LogP contribution in [0, 0.1) is 10.8 Å². The van der Waals surface area contributed by atoms with Gasteiger partial charge in [0.05, 0.1) is 18.6 Å². The van der Waals surface area contributed by atoms with Gasteiger partial charge in [0.15, 0.2) is 8.32 Å². The van der Waals surface area contributed by atoms with E-state index in [0.29, 0.717) is 6.42 Å². The number of carboxylic acid groups (broad SMARTS) is 1. The SMILES string of the molecule is COC(=O)[C@@]1(C)CC=C[C@@H](O[Si](C)(C)C(C)(C)C)[C@@]1(C)C(=O)O. The molecule has 0 saturated heterocycles. The predicted octanol–water partition coefficient (Wildman–Crippen LogP) is 3.61. The summed E-state index contributed by atoms with van der Waals surface area (Å²) in [6, 6.07) is 0. The average Bonchev–Trinajstić information content (AvgIpc) is 2.41. The number of hydrogen-bond donors (Lipinski definition) is 1. The van der Waals surface area contributed by atoms with Gasteiger partial charge in [-0.25, -0.2) is 0 Å². The maximum atomic E-state index is 12.4. The Balaban J connectivity index is 3.38. The standard InChI is InChI=1S/C17H30O5Si/c1-15(2,3)23(7,8)22-12-10-9-11-16(4,14(20)21-6)17(12,5)13(18)19/h9-10,12H,11H2,1-8H3,(H,18,19)/t12-,16-,17+/m1/s1. The molecule has 1 N–H and O–H groups in total.